The van der Waals surface area contributed by atoms with Gasteiger partial charge in [0, 0.05) is 31.9 Å². The SMILES string of the molecule is Cc1cccc(N2CCN(C(=O)C3(c4ccccc4)CCCC3)CC2)c1C. The molecule has 142 valence electrons. The van der Waals surface area contributed by atoms with Crippen LogP contribution in [0.15, 0.2) is 48.5 Å². The topological polar surface area (TPSA) is 23.6 Å². The average Bonchev–Trinajstić information content (AvgIpc) is 3.22. The minimum Gasteiger partial charge on any atom is -0.368 e. The van der Waals surface area contributed by atoms with Gasteiger partial charge in [0.25, 0.3) is 0 Å². The minimum atomic E-state index is -0.289. The lowest BCUT2D eigenvalue weighted by molar-refractivity contribution is -0.137. The number of aryl methyl sites for hydroxylation is 1. The first-order chi connectivity index (χ1) is 13.1. The summed E-state index contributed by atoms with van der Waals surface area (Å²) < 4.78 is 0. The summed E-state index contributed by atoms with van der Waals surface area (Å²) in [5.41, 5.74) is 4.93. The van der Waals surface area contributed by atoms with Crippen LogP contribution in [0.3, 0.4) is 0 Å². The number of rotatable bonds is 3. The van der Waals surface area contributed by atoms with E-state index in [1.165, 1.54) is 22.4 Å². The van der Waals surface area contributed by atoms with E-state index in [1.807, 2.05) is 6.07 Å². The van der Waals surface area contributed by atoms with E-state index >= 15 is 0 Å². The van der Waals surface area contributed by atoms with E-state index in [1.54, 1.807) is 0 Å². The number of amides is 1. The molecule has 2 fully saturated rings. The number of nitrogens with zero attached hydrogens (tertiary/aromatic N) is 2. The van der Waals surface area contributed by atoms with Crippen LogP contribution < -0.4 is 4.90 Å². The van der Waals surface area contributed by atoms with E-state index in [0.29, 0.717) is 5.91 Å². The van der Waals surface area contributed by atoms with Crippen molar-refractivity contribution in [3.05, 3.63) is 65.2 Å². The Morgan fingerprint density at radius 2 is 1.52 bits per heavy atom. The van der Waals surface area contributed by atoms with Gasteiger partial charge in [0.15, 0.2) is 0 Å². The molecule has 1 amide bonds. The van der Waals surface area contributed by atoms with Crippen LogP contribution in [0, 0.1) is 13.8 Å². The second-order valence-corrected chi connectivity index (χ2v) is 8.15. The van der Waals surface area contributed by atoms with Gasteiger partial charge < -0.3 is 9.80 Å². The van der Waals surface area contributed by atoms with Crippen molar-refractivity contribution in [1.82, 2.24) is 4.90 Å². The smallest absolute Gasteiger partial charge is 0.233 e. The summed E-state index contributed by atoms with van der Waals surface area (Å²) in [5.74, 6) is 0.354. The van der Waals surface area contributed by atoms with Crippen molar-refractivity contribution < 1.29 is 4.79 Å². The lowest BCUT2D eigenvalue weighted by Gasteiger charge is -2.41. The Labute approximate surface area is 163 Å². The zero-order chi connectivity index (χ0) is 18.9. The van der Waals surface area contributed by atoms with Crippen LogP contribution in [0.4, 0.5) is 5.69 Å². The Kier molecular flexibility index (Phi) is 4.94. The van der Waals surface area contributed by atoms with Crippen LogP contribution in [-0.2, 0) is 10.2 Å². The number of carbonyl (C=O) groups excluding carboxylic acids is 1. The van der Waals surface area contributed by atoms with Crippen LogP contribution >= 0.6 is 0 Å². The van der Waals surface area contributed by atoms with E-state index in [-0.39, 0.29) is 5.41 Å². The van der Waals surface area contributed by atoms with Crippen molar-refractivity contribution >= 4 is 11.6 Å². The lowest BCUT2D eigenvalue weighted by Crippen LogP contribution is -2.54. The van der Waals surface area contributed by atoms with Gasteiger partial charge in [-0.2, -0.15) is 0 Å². The van der Waals surface area contributed by atoms with Crippen LogP contribution in [0.2, 0.25) is 0 Å². The van der Waals surface area contributed by atoms with E-state index in [2.05, 4.69) is 66.1 Å². The summed E-state index contributed by atoms with van der Waals surface area (Å²) in [6.07, 6.45) is 4.30. The molecule has 2 aliphatic rings. The van der Waals surface area contributed by atoms with Gasteiger partial charge in [-0.3, -0.25) is 4.79 Å². The van der Waals surface area contributed by atoms with Gasteiger partial charge >= 0.3 is 0 Å². The Balaban J connectivity index is 1.50. The monoisotopic (exact) mass is 362 g/mol. The van der Waals surface area contributed by atoms with Crippen molar-refractivity contribution in [1.29, 1.82) is 0 Å². The predicted molar refractivity (Wildman–Crippen MR) is 111 cm³/mol. The van der Waals surface area contributed by atoms with E-state index in [0.717, 1.165) is 51.9 Å². The molecule has 0 N–H and O–H groups in total. The molecule has 27 heavy (non-hydrogen) atoms. The number of hydrogen-bond donors (Lipinski definition) is 0. The Bertz CT molecular complexity index is 800. The fourth-order valence-electron chi connectivity index (χ4n) is 4.89. The van der Waals surface area contributed by atoms with Gasteiger partial charge in [0.05, 0.1) is 5.41 Å². The van der Waals surface area contributed by atoms with Gasteiger partial charge in [0.1, 0.15) is 0 Å². The summed E-state index contributed by atoms with van der Waals surface area (Å²) in [4.78, 5) is 18.2. The Hall–Kier alpha value is -2.29. The zero-order valence-electron chi connectivity index (χ0n) is 16.6. The third-order valence-electron chi connectivity index (χ3n) is 6.68. The summed E-state index contributed by atoms with van der Waals surface area (Å²) in [6.45, 7) is 7.84. The second-order valence-electron chi connectivity index (χ2n) is 8.15. The van der Waals surface area contributed by atoms with Gasteiger partial charge in [-0.15, -0.1) is 0 Å². The molecule has 3 heteroatoms. The number of hydrogen-bond acceptors (Lipinski definition) is 2. The van der Waals surface area contributed by atoms with Gasteiger partial charge in [0.2, 0.25) is 5.91 Å². The fraction of sp³-hybridized carbons (Fsp3) is 0.458. The summed E-state index contributed by atoms with van der Waals surface area (Å²) >= 11 is 0. The van der Waals surface area contributed by atoms with E-state index in [9.17, 15) is 4.79 Å². The van der Waals surface area contributed by atoms with Crippen molar-refractivity contribution in [2.24, 2.45) is 0 Å². The number of carbonyl (C=O) groups is 1. The lowest BCUT2D eigenvalue weighted by atomic mass is 9.77. The number of benzene rings is 2. The predicted octanol–water partition coefficient (Wildman–Crippen LogP) is 4.46. The highest BCUT2D eigenvalue weighted by Gasteiger charge is 2.45. The molecule has 1 aliphatic carbocycles. The average molecular weight is 363 g/mol. The van der Waals surface area contributed by atoms with Crippen LogP contribution in [-0.4, -0.2) is 37.0 Å². The molecule has 0 unspecified atom stereocenters. The molecule has 1 heterocycles. The third-order valence-corrected chi connectivity index (χ3v) is 6.68. The fourth-order valence-corrected chi connectivity index (χ4v) is 4.89. The van der Waals surface area contributed by atoms with Crippen LogP contribution in [0.5, 0.6) is 0 Å². The van der Waals surface area contributed by atoms with Gasteiger partial charge in [-0.25, -0.2) is 0 Å². The van der Waals surface area contributed by atoms with E-state index < -0.39 is 0 Å². The number of anilines is 1. The standard InChI is InChI=1S/C24H30N2O/c1-19-9-8-12-22(20(19)2)25-15-17-26(18-16-25)23(27)24(13-6-7-14-24)21-10-4-3-5-11-21/h3-5,8-12H,6-7,13-18H2,1-2H3. The quantitative estimate of drug-likeness (QED) is 0.805. The maximum absolute atomic E-state index is 13.6. The molecule has 2 aromatic carbocycles. The summed E-state index contributed by atoms with van der Waals surface area (Å²) in [6, 6.07) is 17.0. The molecule has 0 atom stereocenters. The van der Waals surface area contributed by atoms with Crippen molar-refractivity contribution in [3.8, 4) is 0 Å². The molecule has 3 nitrogen and oxygen atoms in total. The molecule has 1 aliphatic heterocycles. The van der Waals surface area contributed by atoms with E-state index in [4.69, 9.17) is 0 Å². The third kappa shape index (κ3) is 3.24. The molecule has 0 aromatic heterocycles. The van der Waals surface area contributed by atoms with Crippen LogP contribution in [0.25, 0.3) is 0 Å². The molecule has 0 spiro atoms. The molecule has 1 saturated heterocycles. The van der Waals surface area contributed by atoms with Crippen molar-refractivity contribution in [2.45, 2.75) is 44.9 Å². The molecular weight excluding hydrogens is 332 g/mol. The first kappa shape index (κ1) is 18.1. The maximum Gasteiger partial charge on any atom is 0.233 e. The maximum atomic E-state index is 13.6. The van der Waals surface area contributed by atoms with Crippen LogP contribution in [0.1, 0.15) is 42.4 Å². The van der Waals surface area contributed by atoms with Gasteiger partial charge in [-0.1, -0.05) is 55.3 Å². The first-order valence-corrected chi connectivity index (χ1v) is 10.3. The molecule has 0 bridgehead atoms. The highest BCUT2D eigenvalue weighted by atomic mass is 16.2. The van der Waals surface area contributed by atoms with Crippen molar-refractivity contribution in [3.63, 3.8) is 0 Å². The Morgan fingerprint density at radius 3 is 2.19 bits per heavy atom. The largest absolute Gasteiger partial charge is 0.368 e. The highest BCUT2D eigenvalue weighted by molar-refractivity contribution is 5.89. The summed E-state index contributed by atoms with van der Waals surface area (Å²) in [5, 5.41) is 0. The second kappa shape index (κ2) is 7.38. The van der Waals surface area contributed by atoms with Crippen molar-refractivity contribution in [2.75, 3.05) is 31.1 Å². The minimum absolute atomic E-state index is 0.289. The first-order valence-electron chi connectivity index (χ1n) is 10.3. The normalized spacial score (nSPS) is 19.3. The number of piperazine rings is 1. The van der Waals surface area contributed by atoms with Gasteiger partial charge in [-0.05, 0) is 49.4 Å². The molecular formula is C24H30N2O. The molecule has 0 radical (unpaired) electrons. The molecule has 2 aromatic rings. The molecule has 1 saturated carbocycles. The molecule has 4 rings (SSSR count). The zero-order valence-corrected chi connectivity index (χ0v) is 16.6. The summed E-state index contributed by atoms with van der Waals surface area (Å²) in [7, 11) is 0. The Morgan fingerprint density at radius 1 is 0.852 bits per heavy atom. The highest BCUT2D eigenvalue weighted by Crippen LogP contribution is 2.42.